The molecule has 1 atom stereocenters. The average molecular weight is 593 g/mol. The predicted octanol–water partition coefficient (Wildman–Crippen LogP) is 5.28. The molecule has 9 nitrogen and oxygen atoms in total. The summed E-state index contributed by atoms with van der Waals surface area (Å²) in [6.45, 7) is 3.76. The van der Waals surface area contributed by atoms with Gasteiger partial charge in [-0.3, -0.25) is 9.59 Å². The summed E-state index contributed by atoms with van der Waals surface area (Å²) in [5.74, 6) is -0.645. The lowest BCUT2D eigenvalue weighted by Gasteiger charge is -2.18. The van der Waals surface area contributed by atoms with Crippen LogP contribution in [0.1, 0.15) is 30.5 Å². The van der Waals surface area contributed by atoms with Crippen molar-refractivity contribution in [2.45, 2.75) is 20.5 Å². The highest BCUT2D eigenvalue weighted by molar-refractivity contribution is 9.10. The standard InChI is InChI=1S/C29H29BrN4O5/c1-18(2)26(28(35)33-22-9-11-23(37-3)12-10-22)29(36)34-32-16-19-13-24(30)27(25(14-19)38-4)39-17-21-8-6-5-7-20(21)15-31/h5-14,16,18,26H,17H2,1-4H3,(H,33,35)(H,34,36). The molecule has 10 heteroatoms. The minimum absolute atomic E-state index is 0.178. The Hall–Kier alpha value is -4.36. The number of hydrogen-bond acceptors (Lipinski definition) is 7. The van der Waals surface area contributed by atoms with Crippen LogP contribution in [0.5, 0.6) is 17.2 Å². The number of hydrazone groups is 1. The van der Waals surface area contributed by atoms with Crippen molar-refractivity contribution in [3.05, 3.63) is 81.8 Å². The number of nitrogens with one attached hydrogen (secondary N) is 2. The van der Waals surface area contributed by atoms with E-state index in [0.29, 0.717) is 38.5 Å². The van der Waals surface area contributed by atoms with Gasteiger partial charge in [-0.1, -0.05) is 32.0 Å². The number of anilines is 1. The Morgan fingerprint density at radius 1 is 1.05 bits per heavy atom. The molecule has 0 heterocycles. The van der Waals surface area contributed by atoms with Crippen LogP contribution >= 0.6 is 15.9 Å². The maximum Gasteiger partial charge on any atom is 0.252 e. The van der Waals surface area contributed by atoms with E-state index >= 15 is 0 Å². The molecule has 2 N–H and O–H groups in total. The number of rotatable bonds is 11. The highest BCUT2D eigenvalue weighted by Crippen LogP contribution is 2.37. The van der Waals surface area contributed by atoms with Crippen molar-refractivity contribution in [3.8, 4) is 23.3 Å². The van der Waals surface area contributed by atoms with Gasteiger partial charge in [-0.2, -0.15) is 10.4 Å². The third kappa shape index (κ3) is 7.82. The fraction of sp³-hybridized carbons (Fsp3) is 0.241. The zero-order valence-electron chi connectivity index (χ0n) is 22.0. The molecule has 0 aliphatic heterocycles. The van der Waals surface area contributed by atoms with Crippen molar-refractivity contribution < 1.29 is 23.8 Å². The van der Waals surface area contributed by atoms with Gasteiger partial charge in [0.1, 0.15) is 18.3 Å². The highest BCUT2D eigenvalue weighted by atomic mass is 79.9. The summed E-state index contributed by atoms with van der Waals surface area (Å²) >= 11 is 3.49. The first-order valence-electron chi connectivity index (χ1n) is 12.0. The number of carbonyl (C=O) groups is 2. The third-order valence-corrected chi connectivity index (χ3v) is 6.33. The lowest BCUT2D eigenvalue weighted by atomic mass is 9.94. The normalized spacial score (nSPS) is 11.5. The van der Waals surface area contributed by atoms with Gasteiger partial charge in [-0.05, 0) is 69.9 Å². The number of benzene rings is 3. The van der Waals surface area contributed by atoms with E-state index < -0.39 is 17.7 Å². The van der Waals surface area contributed by atoms with E-state index in [1.165, 1.54) is 13.3 Å². The molecule has 1 unspecified atom stereocenters. The van der Waals surface area contributed by atoms with E-state index in [-0.39, 0.29) is 12.5 Å². The van der Waals surface area contributed by atoms with Crippen LogP contribution in [-0.4, -0.2) is 32.2 Å². The molecule has 0 radical (unpaired) electrons. The van der Waals surface area contributed by atoms with Gasteiger partial charge in [-0.25, -0.2) is 5.43 Å². The summed E-state index contributed by atoms with van der Waals surface area (Å²) < 4.78 is 17.1. The molecule has 0 fully saturated rings. The van der Waals surface area contributed by atoms with Gasteiger partial charge in [0.05, 0.1) is 36.5 Å². The molecular formula is C29H29BrN4O5. The molecule has 3 aromatic carbocycles. The summed E-state index contributed by atoms with van der Waals surface area (Å²) in [5, 5.41) is 16.1. The van der Waals surface area contributed by atoms with Gasteiger partial charge in [0.25, 0.3) is 5.91 Å². The molecule has 202 valence electrons. The SMILES string of the molecule is COc1ccc(NC(=O)C(C(=O)NN=Cc2cc(Br)c(OCc3ccccc3C#N)c(OC)c2)C(C)C)cc1. The van der Waals surface area contributed by atoms with Crippen LogP contribution in [0, 0.1) is 23.2 Å². The average Bonchev–Trinajstić information content (AvgIpc) is 2.92. The Kier molecular flexibility index (Phi) is 10.5. The summed E-state index contributed by atoms with van der Waals surface area (Å²) in [6.07, 6.45) is 1.44. The van der Waals surface area contributed by atoms with Crippen molar-refractivity contribution in [2.75, 3.05) is 19.5 Å². The first-order valence-corrected chi connectivity index (χ1v) is 12.8. The first-order chi connectivity index (χ1) is 18.8. The topological polar surface area (TPSA) is 122 Å². The zero-order chi connectivity index (χ0) is 28.4. The lowest BCUT2D eigenvalue weighted by molar-refractivity contribution is -0.134. The highest BCUT2D eigenvalue weighted by Gasteiger charge is 2.30. The van der Waals surface area contributed by atoms with Crippen LogP contribution in [0.15, 0.2) is 70.2 Å². The van der Waals surface area contributed by atoms with E-state index in [4.69, 9.17) is 14.2 Å². The maximum atomic E-state index is 12.8. The number of nitrogens with zero attached hydrogens (tertiary/aromatic N) is 2. The Morgan fingerprint density at radius 2 is 1.77 bits per heavy atom. The van der Waals surface area contributed by atoms with Gasteiger partial charge in [0.15, 0.2) is 11.5 Å². The second-order valence-electron chi connectivity index (χ2n) is 8.77. The van der Waals surface area contributed by atoms with Gasteiger partial charge < -0.3 is 19.5 Å². The minimum Gasteiger partial charge on any atom is -0.497 e. The smallest absolute Gasteiger partial charge is 0.252 e. The number of hydrogen-bond donors (Lipinski definition) is 2. The first kappa shape index (κ1) is 29.2. The van der Waals surface area contributed by atoms with Gasteiger partial charge in [-0.15, -0.1) is 0 Å². The quantitative estimate of drug-likeness (QED) is 0.177. The summed E-state index contributed by atoms with van der Waals surface area (Å²) in [4.78, 5) is 25.7. The Bertz CT molecular complexity index is 1380. The van der Waals surface area contributed by atoms with Gasteiger partial charge >= 0.3 is 0 Å². The van der Waals surface area contributed by atoms with Crippen LogP contribution in [0.2, 0.25) is 0 Å². The largest absolute Gasteiger partial charge is 0.497 e. The van der Waals surface area contributed by atoms with Crippen molar-refractivity contribution in [3.63, 3.8) is 0 Å². The molecule has 0 aliphatic rings. The second kappa shape index (κ2) is 14.0. The molecule has 0 aromatic heterocycles. The zero-order valence-corrected chi connectivity index (χ0v) is 23.6. The molecule has 0 saturated carbocycles. The summed E-state index contributed by atoms with van der Waals surface area (Å²) in [6, 6.07) is 19.6. The Morgan fingerprint density at radius 3 is 2.41 bits per heavy atom. The molecule has 3 aromatic rings. The maximum absolute atomic E-state index is 12.8. The molecule has 39 heavy (non-hydrogen) atoms. The molecule has 0 bridgehead atoms. The Labute approximate surface area is 235 Å². The Balaban J connectivity index is 1.67. The summed E-state index contributed by atoms with van der Waals surface area (Å²) in [7, 11) is 3.07. The third-order valence-electron chi connectivity index (χ3n) is 5.74. The van der Waals surface area contributed by atoms with Crippen LogP contribution in [-0.2, 0) is 16.2 Å². The molecule has 0 aliphatic carbocycles. The van der Waals surface area contributed by atoms with E-state index in [9.17, 15) is 14.9 Å². The van der Waals surface area contributed by atoms with Gasteiger partial charge in [0.2, 0.25) is 5.91 Å². The van der Waals surface area contributed by atoms with Crippen molar-refractivity contribution in [2.24, 2.45) is 16.9 Å². The van der Waals surface area contributed by atoms with E-state index in [1.807, 2.05) is 12.1 Å². The molecule has 2 amide bonds. The van der Waals surface area contributed by atoms with Crippen LogP contribution in [0.3, 0.4) is 0 Å². The van der Waals surface area contributed by atoms with Crippen molar-refractivity contribution in [1.29, 1.82) is 5.26 Å². The van der Waals surface area contributed by atoms with E-state index in [2.05, 4.69) is 37.8 Å². The van der Waals surface area contributed by atoms with Crippen molar-refractivity contribution >= 4 is 39.6 Å². The molecule has 0 spiro atoms. The molecular weight excluding hydrogens is 564 g/mol. The fourth-order valence-corrected chi connectivity index (χ4v) is 4.29. The number of methoxy groups -OCH3 is 2. The van der Waals surface area contributed by atoms with E-state index in [1.54, 1.807) is 69.5 Å². The molecule has 3 rings (SSSR count). The van der Waals surface area contributed by atoms with Crippen LogP contribution < -0.4 is 25.0 Å². The monoisotopic (exact) mass is 592 g/mol. The minimum atomic E-state index is -0.961. The summed E-state index contributed by atoms with van der Waals surface area (Å²) in [5.41, 5.74) is 4.91. The van der Waals surface area contributed by atoms with E-state index in [0.717, 1.165) is 5.56 Å². The van der Waals surface area contributed by atoms with Crippen LogP contribution in [0.25, 0.3) is 0 Å². The predicted molar refractivity (Wildman–Crippen MR) is 152 cm³/mol. The number of amides is 2. The second-order valence-corrected chi connectivity index (χ2v) is 9.62. The van der Waals surface area contributed by atoms with Crippen molar-refractivity contribution in [1.82, 2.24) is 5.43 Å². The number of nitriles is 1. The fourth-order valence-electron chi connectivity index (χ4n) is 3.72. The van der Waals surface area contributed by atoms with Crippen LogP contribution in [0.4, 0.5) is 5.69 Å². The number of halogens is 1. The number of ether oxygens (including phenoxy) is 3. The molecule has 0 saturated heterocycles. The number of carbonyl (C=O) groups excluding carboxylic acids is 2. The van der Waals surface area contributed by atoms with Gasteiger partial charge in [0, 0.05) is 11.3 Å². The lowest BCUT2D eigenvalue weighted by Crippen LogP contribution is -2.39.